The second kappa shape index (κ2) is 12.0. The number of nitrogens with one attached hydrogen (secondary N) is 3. The van der Waals surface area contributed by atoms with E-state index in [0.717, 1.165) is 54.4 Å². The predicted octanol–water partition coefficient (Wildman–Crippen LogP) is 6.89. The highest BCUT2D eigenvalue weighted by molar-refractivity contribution is 6.02. The predicted molar refractivity (Wildman–Crippen MR) is 149 cm³/mol. The van der Waals surface area contributed by atoms with Gasteiger partial charge in [0.2, 0.25) is 5.82 Å². The van der Waals surface area contributed by atoms with Crippen LogP contribution >= 0.6 is 0 Å². The molecule has 0 radical (unpaired) electrons. The molecule has 1 aliphatic rings. The fourth-order valence-corrected chi connectivity index (χ4v) is 5.17. The maximum absolute atomic E-state index is 13.8. The molecule has 39 heavy (non-hydrogen) atoms. The van der Waals surface area contributed by atoms with Crippen molar-refractivity contribution in [2.45, 2.75) is 51.5 Å². The number of anilines is 3. The Morgan fingerprint density at radius 2 is 1.74 bits per heavy atom. The van der Waals surface area contributed by atoms with Crippen LogP contribution in [0.2, 0.25) is 0 Å². The first kappa shape index (κ1) is 26.3. The number of alkyl halides is 2. The molecule has 1 saturated carbocycles. The molecule has 8 nitrogen and oxygen atoms in total. The second-order valence-electron chi connectivity index (χ2n) is 9.79. The first-order valence-electron chi connectivity index (χ1n) is 13.1. The van der Waals surface area contributed by atoms with Crippen molar-refractivity contribution in [2.24, 2.45) is 0 Å². The van der Waals surface area contributed by atoms with Gasteiger partial charge in [0.05, 0.1) is 17.9 Å². The molecule has 0 aliphatic heterocycles. The molecule has 0 atom stereocenters. The maximum atomic E-state index is 13.8. The topological polar surface area (TPSA) is 98.8 Å². The Morgan fingerprint density at radius 1 is 1.00 bits per heavy atom. The van der Waals surface area contributed by atoms with Crippen LogP contribution in [0.1, 0.15) is 37.7 Å². The van der Waals surface area contributed by atoms with E-state index >= 15 is 0 Å². The van der Waals surface area contributed by atoms with E-state index in [1.165, 1.54) is 0 Å². The van der Waals surface area contributed by atoms with Gasteiger partial charge in [-0.25, -0.2) is 13.6 Å². The number of aromatic amines is 1. The molecule has 3 N–H and O–H groups in total. The van der Waals surface area contributed by atoms with Crippen LogP contribution in [0.3, 0.4) is 0 Å². The van der Waals surface area contributed by atoms with Gasteiger partial charge in [0, 0.05) is 17.3 Å². The Labute approximate surface area is 225 Å². The van der Waals surface area contributed by atoms with Gasteiger partial charge in [0.1, 0.15) is 0 Å². The van der Waals surface area contributed by atoms with Crippen molar-refractivity contribution in [3.63, 3.8) is 0 Å². The number of halogens is 2. The highest BCUT2D eigenvalue weighted by Gasteiger charge is 2.27. The van der Waals surface area contributed by atoms with Crippen LogP contribution in [0.25, 0.3) is 22.5 Å². The lowest BCUT2D eigenvalue weighted by Crippen LogP contribution is -2.40. The Balaban J connectivity index is 1.54. The molecule has 1 fully saturated rings. The van der Waals surface area contributed by atoms with Crippen LogP contribution in [-0.4, -0.2) is 45.7 Å². The molecule has 0 unspecified atom stereocenters. The van der Waals surface area contributed by atoms with Gasteiger partial charge in [-0.05, 0) is 60.4 Å². The van der Waals surface area contributed by atoms with Crippen molar-refractivity contribution in [3.8, 4) is 22.5 Å². The molecular formula is C29H31F2N7O. The number of H-pyrrole nitrogens is 1. The molecule has 0 spiro atoms. The number of hydrogen-bond acceptors (Lipinski definition) is 5. The van der Waals surface area contributed by atoms with Crippen molar-refractivity contribution in [1.29, 1.82) is 0 Å². The van der Waals surface area contributed by atoms with E-state index in [4.69, 9.17) is 0 Å². The zero-order valence-electron chi connectivity index (χ0n) is 21.7. The summed E-state index contributed by atoms with van der Waals surface area (Å²) in [6, 6.07) is 20.1. The maximum Gasteiger partial charge on any atom is 0.323 e. The van der Waals surface area contributed by atoms with E-state index in [1.807, 2.05) is 73.7 Å². The number of urea groups is 1. The Morgan fingerprint density at radius 3 is 2.44 bits per heavy atom. The average molecular weight is 532 g/mol. The van der Waals surface area contributed by atoms with Crippen LogP contribution in [0.4, 0.5) is 30.6 Å². The summed E-state index contributed by atoms with van der Waals surface area (Å²) in [5.74, 6) is 0.433. The first-order valence-corrected chi connectivity index (χ1v) is 13.1. The number of rotatable bonds is 8. The van der Waals surface area contributed by atoms with Gasteiger partial charge in [0.15, 0.2) is 0 Å². The second-order valence-corrected chi connectivity index (χ2v) is 9.79. The number of benzene rings is 3. The third-order valence-corrected chi connectivity index (χ3v) is 7.04. The van der Waals surface area contributed by atoms with Crippen LogP contribution in [0.15, 0.2) is 66.7 Å². The van der Waals surface area contributed by atoms with Crippen LogP contribution in [0, 0.1) is 6.92 Å². The molecule has 2 amide bonds. The number of amides is 2. The number of tetrazole rings is 1. The van der Waals surface area contributed by atoms with E-state index in [2.05, 4.69) is 31.3 Å². The van der Waals surface area contributed by atoms with Crippen LogP contribution in [0.5, 0.6) is 0 Å². The van der Waals surface area contributed by atoms with Crippen molar-refractivity contribution in [1.82, 2.24) is 20.6 Å². The lowest BCUT2D eigenvalue weighted by Gasteiger charge is -2.37. The molecule has 0 bridgehead atoms. The van der Waals surface area contributed by atoms with E-state index in [1.54, 1.807) is 4.90 Å². The number of carbonyl (C=O) groups excluding carboxylic acids is 1. The average Bonchev–Trinajstić information content (AvgIpc) is 3.49. The molecule has 10 heteroatoms. The first-order chi connectivity index (χ1) is 19.0. The number of aromatic nitrogens is 4. The Bertz CT molecular complexity index is 1390. The summed E-state index contributed by atoms with van der Waals surface area (Å²) < 4.78 is 27.7. The van der Waals surface area contributed by atoms with E-state index in [0.29, 0.717) is 22.9 Å². The quantitative estimate of drug-likeness (QED) is 0.230. The zero-order valence-corrected chi connectivity index (χ0v) is 21.7. The standard InChI is InChI=1S/C29H31F2N7O/c1-19-11-14-21(15-12-19)32-29(39)33-25-17-20(23-9-5-6-10-24(23)28-34-36-37-35-28)13-16-26(25)38(18-27(30)31)22-7-3-2-4-8-22/h5-6,9-17,22,27H,2-4,7-8,18H2,1H3,(H2,32,33,39)(H,34,35,36,37). The van der Waals surface area contributed by atoms with Gasteiger partial charge >= 0.3 is 6.03 Å². The van der Waals surface area contributed by atoms with E-state index in [9.17, 15) is 13.6 Å². The molecule has 1 aromatic heterocycles. The van der Waals surface area contributed by atoms with Crippen LogP contribution < -0.4 is 15.5 Å². The summed E-state index contributed by atoms with van der Waals surface area (Å²) in [6.45, 7) is 1.56. The number of nitrogens with zero attached hydrogens (tertiary/aromatic N) is 4. The minimum Gasteiger partial charge on any atom is -0.361 e. The summed E-state index contributed by atoms with van der Waals surface area (Å²) in [5.41, 5.74) is 5.09. The van der Waals surface area contributed by atoms with Crippen molar-refractivity contribution >= 4 is 23.1 Å². The number of aryl methyl sites for hydroxylation is 1. The summed E-state index contributed by atoms with van der Waals surface area (Å²) in [4.78, 5) is 14.9. The summed E-state index contributed by atoms with van der Waals surface area (Å²) >= 11 is 0. The molecule has 4 aromatic rings. The minimum absolute atomic E-state index is 0.0223. The SMILES string of the molecule is Cc1ccc(NC(=O)Nc2cc(-c3ccccc3-c3nn[nH]n3)ccc2N(CC(F)F)C2CCCCC2)cc1. The largest absolute Gasteiger partial charge is 0.361 e. The Hall–Kier alpha value is -4.34. The fraction of sp³-hybridized carbons (Fsp3) is 0.310. The molecular weight excluding hydrogens is 500 g/mol. The molecule has 3 aromatic carbocycles. The fourth-order valence-electron chi connectivity index (χ4n) is 5.17. The van der Waals surface area contributed by atoms with Gasteiger partial charge in [-0.15, -0.1) is 10.2 Å². The lowest BCUT2D eigenvalue weighted by molar-refractivity contribution is 0.149. The highest BCUT2D eigenvalue weighted by atomic mass is 19.3. The minimum atomic E-state index is -2.51. The van der Waals surface area contributed by atoms with Gasteiger partial charge in [0.25, 0.3) is 6.43 Å². The highest BCUT2D eigenvalue weighted by Crippen LogP contribution is 2.38. The monoisotopic (exact) mass is 531 g/mol. The molecule has 1 aliphatic carbocycles. The normalized spacial score (nSPS) is 13.8. The third-order valence-electron chi connectivity index (χ3n) is 7.04. The summed E-state index contributed by atoms with van der Waals surface area (Å²) in [7, 11) is 0. The van der Waals surface area contributed by atoms with E-state index < -0.39 is 19.0 Å². The lowest BCUT2D eigenvalue weighted by atomic mass is 9.93. The van der Waals surface area contributed by atoms with Gasteiger partial charge in [-0.3, -0.25) is 0 Å². The number of carbonyl (C=O) groups is 1. The summed E-state index contributed by atoms with van der Waals surface area (Å²) in [5, 5.41) is 20.2. The molecule has 0 saturated heterocycles. The zero-order chi connectivity index (χ0) is 27.2. The van der Waals surface area contributed by atoms with Crippen molar-refractivity contribution in [3.05, 3.63) is 72.3 Å². The van der Waals surface area contributed by atoms with Crippen molar-refractivity contribution in [2.75, 3.05) is 22.1 Å². The smallest absolute Gasteiger partial charge is 0.323 e. The van der Waals surface area contributed by atoms with Gasteiger partial charge in [-0.1, -0.05) is 67.3 Å². The Kier molecular flexibility index (Phi) is 8.10. The molecule has 1 heterocycles. The van der Waals surface area contributed by atoms with Crippen molar-refractivity contribution < 1.29 is 13.6 Å². The molecule has 202 valence electrons. The summed E-state index contributed by atoms with van der Waals surface area (Å²) in [6.07, 6.45) is 2.26. The molecule has 5 rings (SSSR count). The third kappa shape index (κ3) is 6.39. The van der Waals surface area contributed by atoms with E-state index in [-0.39, 0.29) is 6.04 Å². The van der Waals surface area contributed by atoms with Gasteiger partial charge < -0.3 is 15.5 Å². The van der Waals surface area contributed by atoms with Gasteiger partial charge in [-0.2, -0.15) is 5.21 Å². The van der Waals surface area contributed by atoms with Crippen LogP contribution in [-0.2, 0) is 0 Å². The number of hydrogen-bond donors (Lipinski definition) is 3.